The smallest absolute Gasteiger partial charge is 0.376 e. The lowest BCUT2D eigenvalue weighted by Gasteiger charge is -2.01. The average molecular weight is 275 g/mol. The summed E-state index contributed by atoms with van der Waals surface area (Å²) in [5, 5.41) is 0. The second-order valence-corrected chi connectivity index (χ2v) is 4.36. The lowest BCUT2D eigenvalue weighted by atomic mass is 10.1. The molecule has 0 aromatic carbocycles. The molecule has 5 nitrogen and oxygen atoms in total. The van der Waals surface area contributed by atoms with Crippen molar-refractivity contribution in [2.45, 2.75) is 38.7 Å². The van der Waals surface area contributed by atoms with Gasteiger partial charge in [0.25, 0.3) is 6.43 Å². The lowest BCUT2D eigenvalue weighted by molar-refractivity contribution is 0.0473. The van der Waals surface area contributed by atoms with Gasteiger partial charge in [-0.15, -0.1) is 0 Å². The first-order chi connectivity index (χ1) is 9.02. The first kappa shape index (κ1) is 13.9. The fraction of sp³-hybridized carbons (Fsp3) is 0.667. The van der Waals surface area contributed by atoms with Gasteiger partial charge in [0.1, 0.15) is 0 Å². The molecule has 1 aromatic heterocycles. The molecule has 0 amide bonds. The summed E-state index contributed by atoms with van der Waals surface area (Å²) in [6.45, 7) is 3.90. The van der Waals surface area contributed by atoms with Gasteiger partial charge in [-0.2, -0.15) is 0 Å². The van der Waals surface area contributed by atoms with Crippen LogP contribution < -0.4 is 0 Å². The predicted octanol–water partition coefficient (Wildman–Crippen LogP) is 2.68. The maximum absolute atomic E-state index is 12.8. The molecule has 1 saturated heterocycles. The zero-order chi connectivity index (χ0) is 14.0. The van der Waals surface area contributed by atoms with Crippen molar-refractivity contribution < 1.29 is 27.5 Å². The number of hydrogen-bond donors (Lipinski definition) is 0. The highest BCUT2D eigenvalue weighted by molar-refractivity contribution is 5.87. The highest BCUT2D eigenvalue weighted by Gasteiger charge is 2.33. The van der Waals surface area contributed by atoms with E-state index in [1.54, 1.807) is 6.92 Å². The molecule has 2 heterocycles. The number of carbonyl (C=O) groups excluding carboxylic acids is 1. The van der Waals surface area contributed by atoms with Crippen molar-refractivity contribution in [3.63, 3.8) is 0 Å². The predicted molar refractivity (Wildman–Crippen MR) is 60.2 cm³/mol. The Kier molecular flexibility index (Phi) is 4.14. The molecule has 1 aliphatic rings. The van der Waals surface area contributed by atoms with Crippen molar-refractivity contribution in [3.8, 4) is 0 Å². The Morgan fingerprint density at radius 2 is 2.32 bits per heavy atom. The van der Waals surface area contributed by atoms with Crippen molar-refractivity contribution in [2.24, 2.45) is 0 Å². The van der Waals surface area contributed by atoms with Crippen molar-refractivity contribution >= 4 is 5.97 Å². The van der Waals surface area contributed by atoms with E-state index in [1.165, 1.54) is 0 Å². The Labute approximate surface area is 108 Å². The van der Waals surface area contributed by atoms with Crippen LogP contribution in [0, 0.1) is 0 Å². The monoisotopic (exact) mass is 275 g/mol. The van der Waals surface area contributed by atoms with Crippen LogP contribution in [0.25, 0.3) is 0 Å². The summed E-state index contributed by atoms with van der Waals surface area (Å²) in [7, 11) is 0. The van der Waals surface area contributed by atoms with E-state index in [2.05, 4.69) is 9.72 Å². The molecule has 0 radical (unpaired) electrons. The third-order valence-electron chi connectivity index (χ3n) is 2.89. The van der Waals surface area contributed by atoms with Gasteiger partial charge >= 0.3 is 5.97 Å². The van der Waals surface area contributed by atoms with Gasteiger partial charge in [0, 0.05) is 0 Å². The Morgan fingerprint density at radius 1 is 1.58 bits per heavy atom. The lowest BCUT2D eigenvalue weighted by Crippen LogP contribution is -2.06. The molecule has 7 heteroatoms. The molecule has 2 atom stereocenters. The molecule has 19 heavy (non-hydrogen) atoms. The van der Waals surface area contributed by atoms with Gasteiger partial charge < -0.3 is 13.9 Å². The molecule has 106 valence electrons. The van der Waals surface area contributed by atoms with Crippen LogP contribution in [0.1, 0.15) is 54.8 Å². The van der Waals surface area contributed by atoms with Crippen LogP contribution in [0.3, 0.4) is 0 Å². The standard InChI is InChI=1S/C12H15F2NO4/c1-3-17-12(16)9-8(10(13)14)15-11(19-9)7-4-6(2)18-5-7/h6-7,10H,3-5H2,1-2H3. The fourth-order valence-corrected chi connectivity index (χ4v) is 2.00. The highest BCUT2D eigenvalue weighted by Crippen LogP contribution is 2.32. The van der Waals surface area contributed by atoms with Crippen LogP contribution >= 0.6 is 0 Å². The summed E-state index contributed by atoms with van der Waals surface area (Å²) >= 11 is 0. The number of halogens is 2. The normalized spacial score (nSPS) is 23.0. The van der Waals surface area contributed by atoms with Gasteiger partial charge in [-0.25, -0.2) is 18.6 Å². The van der Waals surface area contributed by atoms with Gasteiger partial charge in [-0.1, -0.05) is 0 Å². The molecule has 0 aliphatic carbocycles. The maximum Gasteiger partial charge on any atom is 0.376 e. The Hall–Kier alpha value is -1.50. The quantitative estimate of drug-likeness (QED) is 0.790. The second-order valence-electron chi connectivity index (χ2n) is 4.36. The maximum atomic E-state index is 12.8. The third kappa shape index (κ3) is 2.91. The second kappa shape index (κ2) is 5.64. The minimum absolute atomic E-state index is 0.0259. The zero-order valence-electron chi connectivity index (χ0n) is 10.7. The largest absolute Gasteiger partial charge is 0.460 e. The summed E-state index contributed by atoms with van der Waals surface area (Å²) in [5.74, 6) is -1.51. The van der Waals surface area contributed by atoms with Crippen LogP contribution in [0.5, 0.6) is 0 Å². The molecule has 1 aliphatic heterocycles. The van der Waals surface area contributed by atoms with E-state index in [9.17, 15) is 13.6 Å². The number of carbonyl (C=O) groups is 1. The van der Waals surface area contributed by atoms with Gasteiger partial charge in [-0.3, -0.25) is 0 Å². The van der Waals surface area contributed by atoms with Crippen LogP contribution in [-0.2, 0) is 9.47 Å². The summed E-state index contributed by atoms with van der Waals surface area (Å²) in [6, 6.07) is 0. The number of alkyl halides is 2. The number of esters is 1. The molecule has 1 aromatic rings. The molecule has 0 saturated carbocycles. The summed E-state index contributed by atoms with van der Waals surface area (Å²) < 4.78 is 40.9. The van der Waals surface area contributed by atoms with E-state index in [4.69, 9.17) is 9.15 Å². The van der Waals surface area contributed by atoms with E-state index in [0.29, 0.717) is 13.0 Å². The zero-order valence-corrected chi connectivity index (χ0v) is 10.7. The van der Waals surface area contributed by atoms with Crippen LogP contribution in [-0.4, -0.2) is 30.3 Å². The topological polar surface area (TPSA) is 61.6 Å². The van der Waals surface area contributed by atoms with Crippen molar-refractivity contribution in [1.82, 2.24) is 4.98 Å². The van der Waals surface area contributed by atoms with Crippen LogP contribution in [0.4, 0.5) is 8.78 Å². The first-order valence-electron chi connectivity index (χ1n) is 6.10. The van der Waals surface area contributed by atoms with E-state index in [1.807, 2.05) is 6.92 Å². The number of oxazole rings is 1. The van der Waals surface area contributed by atoms with Gasteiger partial charge in [0.2, 0.25) is 11.7 Å². The summed E-state index contributed by atoms with van der Waals surface area (Å²) in [6.07, 6.45) is -2.22. The Morgan fingerprint density at radius 3 is 2.84 bits per heavy atom. The van der Waals surface area contributed by atoms with Gasteiger partial charge in [-0.05, 0) is 20.3 Å². The minimum atomic E-state index is -2.88. The Balaban J connectivity index is 2.27. The van der Waals surface area contributed by atoms with Crippen molar-refractivity contribution in [3.05, 3.63) is 17.3 Å². The summed E-state index contributed by atoms with van der Waals surface area (Å²) in [4.78, 5) is 15.3. The van der Waals surface area contributed by atoms with Crippen molar-refractivity contribution in [2.75, 3.05) is 13.2 Å². The van der Waals surface area contributed by atoms with Crippen LogP contribution in [0.15, 0.2) is 4.42 Å². The van der Waals surface area contributed by atoms with Gasteiger partial charge in [0.15, 0.2) is 5.69 Å². The first-order valence-corrected chi connectivity index (χ1v) is 6.10. The molecular weight excluding hydrogens is 260 g/mol. The summed E-state index contributed by atoms with van der Waals surface area (Å²) in [5.41, 5.74) is -0.659. The van der Waals surface area contributed by atoms with E-state index in [0.717, 1.165) is 0 Å². The molecule has 2 rings (SSSR count). The van der Waals surface area contributed by atoms with E-state index in [-0.39, 0.29) is 24.5 Å². The number of nitrogens with zero attached hydrogens (tertiary/aromatic N) is 1. The molecular formula is C12H15F2NO4. The SMILES string of the molecule is CCOC(=O)c1oc(C2COC(C)C2)nc1C(F)F. The van der Waals surface area contributed by atoms with E-state index >= 15 is 0 Å². The molecule has 0 N–H and O–H groups in total. The molecule has 0 bridgehead atoms. The number of aromatic nitrogens is 1. The van der Waals surface area contributed by atoms with E-state index < -0.39 is 23.8 Å². The number of rotatable bonds is 4. The van der Waals surface area contributed by atoms with Gasteiger partial charge in [0.05, 0.1) is 25.2 Å². The number of ether oxygens (including phenoxy) is 2. The third-order valence-corrected chi connectivity index (χ3v) is 2.89. The molecule has 0 spiro atoms. The van der Waals surface area contributed by atoms with Crippen LogP contribution in [0.2, 0.25) is 0 Å². The Bertz CT molecular complexity index is 461. The minimum Gasteiger partial charge on any atom is -0.460 e. The fourth-order valence-electron chi connectivity index (χ4n) is 2.00. The molecule has 1 fully saturated rings. The highest BCUT2D eigenvalue weighted by atomic mass is 19.3. The number of hydrogen-bond acceptors (Lipinski definition) is 5. The average Bonchev–Trinajstić information content (AvgIpc) is 2.94. The van der Waals surface area contributed by atoms with Crippen molar-refractivity contribution in [1.29, 1.82) is 0 Å². The molecule has 2 unspecified atom stereocenters.